The number of ether oxygens (including phenoxy) is 2. The van der Waals surface area contributed by atoms with E-state index in [-0.39, 0.29) is 12.6 Å². The molecule has 0 aliphatic carbocycles. The first-order valence-corrected chi connectivity index (χ1v) is 9.60. The number of hydrogen-bond donors (Lipinski definition) is 0. The minimum absolute atomic E-state index is 0.139. The molecule has 3 heterocycles. The van der Waals surface area contributed by atoms with Gasteiger partial charge in [-0.05, 0) is 44.2 Å². The summed E-state index contributed by atoms with van der Waals surface area (Å²) in [6, 6.07) is 9.79. The third-order valence-electron chi connectivity index (χ3n) is 5.58. The maximum absolute atomic E-state index is 12.6. The third kappa shape index (κ3) is 4.01. The predicted molar refractivity (Wildman–Crippen MR) is 104 cm³/mol. The number of rotatable bonds is 6. The Kier molecular flexibility index (Phi) is 5.18. The zero-order valence-corrected chi connectivity index (χ0v) is 16.1. The Morgan fingerprint density at radius 2 is 1.56 bits per heavy atom. The minimum atomic E-state index is 0.139. The van der Waals surface area contributed by atoms with Crippen molar-refractivity contribution in [2.45, 2.75) is 20.4 Å². The summed E-state index contributed by atoms with van der Waals surface area (Å²) in [7, 11) is 0. The molecule has 144 valence electrons. The van der Waals surface area contributed by atoms with Crippen LogP contribution in [0.25, 0.3) is 0 Å². The lowest BCUT2D eigenvalue weighted by Gasteiger charge is -2.34. The molecule has 6 heteroatoms. The number of aryl methyl sites for hydroxylation is 2. The molecule has 0 N–H and O–H groups in total. The van der Waals surface area contributed by atoms with E-state index in [4.69, 9.17) is 9.47 Å². The number of piperazine rings is 1. The Morgan fingerprint density at radius 1 is 0.889 bits per heavy atom. The van der Waals surface area contributed by atoms with Crippen molar-refractivity contribution in [2.75, 3.05) is 46.1 Å². The van der Waals surface area contributed by atoms with Crippen LogP contribution in [0.15, 0.2) is 30.3 Å². The lowest BCUT2D eigenvalue weighted by atomic mass is 10.1. The number of nitrogens with zero attached hydrogens (tertiary/aromatic N) is 3. The molecular weight excluding hydrogens is 342 g/mol. The van der Waals surface area contributed by atoms with Crippen molar-refractivity contribution < 1.29 is 14.3 Å². The molecule has 2 aliphatic heterocycles. The highest BCUT2D eigenvalue weighted by Crippen LogP contribution is 2.32. The van der Waals surface area contributed by atoms with Gasteiger partial charge >= 0.3 is 0 Å². The van der Waals surface area contributed by atoms with E-state index in [0.717, 1.165) is 39.3 Å². The highest BCUT2D eigenvalue weighted by atomic mass is 16.7. The van der Waals surface area contributed by atoms with Crippen LogP contribution in [-0.4, -0.2) is 66.2 Å². The highest BCUT2D eigenvalue weighted by molar-refractivity contribution is 5.98. The Labute approximate surface area is 160 Å². The molecule has 0 bridgehead atoms. The van der Waals surface area contributed by atoms with Crippen LogP contribution >= 0.6 is 0 Å². The first-order chi connectivity index (χ1) is 13.1. The van der Waals surface area contributed by atoms with Crippen molar-refractivity contribution in [3.63, 3.8) is 0 Å². The van der Waals surface area contributed by atoms with Gasteiger partial charge < -0.3 is 14.0 Å². The Balaban J connectivity index is 1.25. The maximum Gasteiger partial charge on any atom is 0.231 e. The SMILES string of the molecule is Cc1ccc(C)n1CCN1CCN(CC(=O)c2ccc3c(c2)OCO3)CC1. The van der Waals surface area contributed by atoms with Crippen LogP contribution in [-0.2, 0) is 6.54 Å². The fourth-order valence-corrected chi connectivity index (χ4v) is 3.83. The summed E-state index contributed by atoms with van der Waals surface area (Å²) >= 11 is 0. The first kappa shape index (κ1) is 18.1. The molecule has 0 atom stereocenters. The van der Waals surface area contributed by atoms with Gasteiger partial charge in [0, 0.05) is 56.2 Å². The molecule has 2 aromatic rings. The molecule has 4 rings (SSSR count). The van der Waals surface area contributed by atoms with Crippen molar-refractivity contribution in [1.29, 1.82) is 0 Å². The van der Waals surface area contributed by atoms with Gasteiger partial charge in [-0.15, -0.1) is 0 Å². The molecule has 1 aromatic carbocycles. The van der Waals surface area contributed by atoms with Crippen molar-refractivity contribution in [1.82, 2.24) is 14.4 Å². The summed E-state index contributed by atoms with van der Waals surface area (Å²) in [6.07, 6.45) is 0. The number of carbonyl (C=O) groups is 1. The van der Waals surface area contributed by atoms with Crippen LogP contribution in [0.4, 0.5) is 0 Å². The monoisotopic (exact) mass is 369 g/mol. The topological polar surface area (TPSA) is 46.9 Å². The van der Waals surface area contributed by atoms with Crippen molar-refractivity contribution in [2.24, 2.45) is 0 Å². The standard InChI is InChI=1S/C21H27N3O3/c1-16-3-4-17(2)24(16)12-11-22-7-9-23(10-8-22)14-19(25)18-5-6-20-21(13-18)27-15-26-20/h3-6,13H,7-12,14-15H2,1-2H3. The number of aromatic nitrogens is 1. The summed E-state index contributed by atoms with van der Waals surface area (Å²) in [5.74, 6) is 1.52. The number of hydrogen-bond acceptors (Lipinski definition) is 5. The number of ketones is 1. The molecule has 0 amide bonds. The van der Waals surface area contributed by atoms with Gasteiger partial charge in [0.2, 0.25) is 6.79 Å². The molecule has 0 radical (unpaired) electrons. The maximum atomic E-state index is 12.6. The average Bonchev–Trinajstić information content (AvgIpc) is 3.27. The quantitative estimate of drug-likeness (QED) is 0.732. The van der Waals surface area contributed by atoms with E-state index < -0.39 is 0 Å². The van der Waals surface area contributed by atoms with Gasteiger partial charge in [-0.25, -0.2) is 0 Å². The molecule has 1 aromatic heterocycles. The van der Waals surface area contributed by atoms with Crippen molar-refractivity contribution in [3.8, 4) is 11.5 Å². The summed E-state index contributed by atoms with van der Waals surface area (Å²) in [6.45, 7) is 11.0. The number of fused-ring (bicyclic) bond motifs is 1. The van der Waals surface area contributed by atoms with Crippen LogP contribution in [0.1, 0.15) is 21.7 Å². The van der Waals surface area contributed by atoms with Crippen LogP contribution in [0, 0.1) is 13.8 Å². The van der Waals surface area contributed by atoms with Gasteiger partial charge in [-0.1, -0.05) is 0 Å². The van der Waals surface area contributed by atoms with Crippen molar-refractivity contribution in [3.05, 3.63) is 47.3 Å². The molecule has 0 saturated carbocycles. The fourth-order valence-electron chi connectivity index (χ4n) is 3.83. The lowest BCUT2D eigenvalue weighted by Crippen LogP contribution is -2.48. The molecular formula is C21H27N3O3. The summed E-state index contributed by atoms with van der Waals surface area (Å²) < 4.78 is 13.0. The molecule has 1 fully saturated rings. The van der Waals surface area contributed by atoms with Gasteiger partial charge in [0.1, 0.15) is 0 Å². The summed E-state index contributed by atoms with van der Waals surface area (Å²) in [5.41, 5.74) is 3.33. The van der Waals surface area contributed by atoms with E-state index >= 15 is 0 Å². The molecule has 6 nitrogen and oxygen atoms in total. The van der Waals surface area contributed by atoms with Crippen molar-refractivity contribution >= 4 is 5.78 Å². The second kappa shape index (κ2) is 7.74. The smallest absolute Gasteiger partial charge is 0.231 e. The highest BCUT2D eigenvalue weighted by Gasteiger charge is 2.21. The number of carbonyl (C=O) groups excluding carboxylic acids is 1. The van der Waals surface area contributed by atoms with Gasteiger partial charge in [-0.2, -0.15) is 0 Å². The van der Waals surface area contributed by atoms with E-state index in [1.165, 1.54) is 11.4 Å². The minimum Gasteiger partial charge on any atom is -0.454 e. The van der Waals surface area contributed by atoms with Gasteiger partial charge in [0.25, 0.3) is 0 Å². The Bertz CT molecular complexity index is 803. The van der Waals surface area contributed by atoms with E-state index in [1.807, 2.05) is 12.1 Å². The molecule has 2 aliphatic rings. The third-order valence-corrected chi connectivity index (χ3v) is 5.58. The number of Topliss-reactive ketones (excluding diaryl/α,β-unsaturated/α-hetero) is 1. The van der Waals surface area contributed by atoms with Crippen LogP contribution in [0.5, 0.6) is 11.5 Å². The van der Waals surface area contributed by atoms with Gasteiger partial charge in [-0.3, -0.25) is 14.6 Å². The summed E-state index contributed by atoms with van der Waals surface area (Å²) in [5, 5.41) is 0. The first-order valence-electron chi connectivity index (χ1n) is 9.60. The summed E-state index contributed by atoms with van der Waals surface area (Å²) in [4.78, 5) is 17.3. The average molecular weight is 369 g/mol. The van der Waals surface area contributed by atoms with Gasteiger partial charge in [0.05, 0.1) is 6.54 Å². The van der Waals surface area contributed by atoms with E-state index in [9.17, 15) is 4.79 Å². The van der Waals surface area contributed by atoms with Gasteiger partial charge in [0.15, 0.2) is 17.3 Å². The predicted octanol–water partition coefficient (Wildman–Crippen LogP) is 2.33. The van der Waals surface area contributed by atoms with E-state index in [2.05, 4.69) is 40.3 Å². The van der Waals surface area contributed by atoms with E-state index in [0.29, 0.717) is 23.6 Å². The Hall–Kier alpha value is -2.31. The fraction of sp³-hybridized carbons (Fsp3) is 0.476. The second-order valence-electron chi connectivity index (χ2n) is 7.38. The Morgan fingerprint density at radius 3 is 2.30 bits per heavy atom. The largest absolute Gasteiger partial charge is 0.454 e. The van der Waals surface area contributed by atoms with Crippen LogP contribution in [0.2, 0.25) is 0 Å². The molecule has 27 heavy (non-hydrogen) atoms. The zero-order valence-electron chi connectivity index (χ0n) is 16.1. The number of benzene rings is 1. The molecule has 1 saturated heterocycles. The van der Waals surface area contributed by atoms with Crippen LogP contribution < -0.4 is 9.47 Å². The molecule has 0 spiro atoms. The zero-order chi connectivity index (χ0) is 18.8. The van der Waals surface area contributed by atoms with Crippen LogP contribution in [0.3, 0.4) is 0 Å². The molecule has 0 unspecified atom stereocenters. The van der Waals surface area contributed by atoms with E-state index in [1.54, 1.807) is 6.07 Å². The lowest BCUT2D eigenvalue weighted by molar-refractivity contribution is 0.0848. The normalized spacial score (nSPS) is 17.4. The second-order valence-corrected chi connectivity index (χ2v) is 7.38.